The van der Waals surface area contributed by atoms with E-state index in [2.05, 4.69) is 30.8 Å². The summed E-state index contributed by atoms with van der Waals surface area (Å²) in [7, 11) is 1.97. The lowest BCUT2D eigenvalue weighted by molar-refractivity contribution is -0.115. The van der Waals surface area contributed by atoms with Crippen molar-refractivity contribution in [3.8, 4) is 22.4 Å². The van der Waals surface area contributed by atoms with E-state index >= 15 is 0 Å². The van der Waals surface area contributed by atoms with Crippen LogP contribution in [0.1, 0.15) is 13.3 Å². The second-order valence-electron chi connectivity index (χ2n) is 6.75. The van der Waals surface area contributed by atoms with Crippen molar-refractivity contribution in [2.75, 3.05) is 5.32 Å². The topological polar surface area (TPSA) is 46.9 Å². The number of amides is 1. The van der Waals surface area contributed by atoms with Crippen LogP contribution in [0.4, 0.5) is 10.1 Å². The quantitative estimate of drug-likeness (QED) is 0.403. The van der Waals surface area contributed by atoms with Crippen LogP contribution in [0.15, 0.2) is 65.4 Å². The number of carbonyl (C=O) groups excluding carboxylic acids is 1. The smallest absolute Gasteiger partial charge is 0.224 e. The van der Waals surface area contributed by atoms with E-state index in [9.17, 15) is 9.18 Å². The van der Waals surface area contributed by atoms with Crippen molar-refractivity contribution < 1.29 is 9.18 Å². The Hall–Kier alpha value is -2.99. The van der Waals surface area contributed by atoms with Gasteiger partial charge in [-0.1, -0.05) is 13.0 Å². The molecule has 0 bridgehead atoms. The van der Waals surface area contributed by atoms with E-state index in [0.717, 1.165) is 43.4 Å². The van der Waals surface area contributed by atoms with Crippen LogP contribution in [0.3, 0.4) is 0 Å². The summed E-state index contributed by atoms with van der Waals surface area (Å²) in [5.41, 5.74) is 5.59. The molecule has 4 nitrogen and oxygen atoms in total. The lowest BCUT2D eigenvalue weighted by Crippen LogP contribution is -2.10. The average Bonchev–Trinajstić information content (AvgIpc) is 3.04. The van der Waals surface area contributed by atoms with E-state index in [1.54, 1.807) is 24.5 Å². The molecule has 4 rings (SSSR count). The number of benzene rings is 2. The van der Waals surface area contributed by atoms with Crippen molar-refractivity contribution in [1.29, 1.82) is 0 Å². The van der Waals surface area contributed by atoms with Crippen molar-refractivity contribution in [3.05, 3.63) is 71.2 Å². The SMILES string of the molecule is CCC(=O)Nc1ccc2c(-c3ccncc3)c(-c3ccc(F)cc3)n(C)c2c1Br. The second kappa shape index (κ2) is 7.79. The number of anilines is 1. The molecule has 146 valence electrons. The number of rotatable bonds is 4. The number of nitrogens with zero attached hydrogens (tertiary/aromatic N) is 2. The van der Waals surface area contributed by atoms with E-state index in [1.165, 1.54) is 12.1 Å². The Labute approximate surface area is 176 Å². The Morgan fingerprint density at radius 3 is 2.41 bits per heavy atom. The zero-order valence-corrected chi connectivity index (χ0v) is 17.6. The third-order valence-corrected chi connectivity index (χ3v) is 5.78. The number of pyridine rings is 1. The summed E-state index contributed by atoms with van der Waals surface area (Å²) in [6.07, 6.45) is 3.92. The first kappa shape index (κ1) is 19.3. The van der Waals surface area contributed by atoms with Gasteiger partial charge < -0.3 is 9.88 Å². The molecule has 6 heteroatoms. The molecule has 0 aliphatic carbocycles. The highest BCUT2D eigenvalue weighted by Crippen LogP contribution is 2.44. The highest BCUT2D eigenvalue weighted by Gasteiger charge is 2.21. The van der Waals surface area contributed by atoms with Gasteiger partial charge in [-0.2, -0.15) is 0 Å². The lowest BCUT2D eigenvalue weighted by Gasteiger charge is -2.10. The van der Waals surface area contributed by atoms with Gasteiger partial charge in [0.25, 0.3) is 0 Å². The minimum Gasteiger partial charge on any atom is -0.342 e. The summed E-state index contributed by atoms with van der Waals surface area (Å²) in [6, 6.07) is 14.3. The van der Waals surface area contributed by atoms with Gasteiger partial charge in [-0.15, -0.1) is 0 Å². The molecule has 0 unspecified atom stereocenters. The van der Waals surface area contributed by atoms with Crippen LogP contribution in [0.2, 0.25) is 0 Å². The first-order chi connectivity index (χ1) is 14.0. The summed E-state index contributed by atoms with van der Waals surface area (Å²) in [5, 5.41) is 3.96. The lowest BCUT2D eigenvalue weighted by atomic mass is 9.99. The first-order valence-electron chi connectivity index (χ1n) is 9.28. The highest BCUT2D eigenvalue weighted by atomic mass is 79.9. The van der Waals surface area contributed by atoms with Gasteiger partial charge in [-0.3, -0.25) is 9.78 Å². The highest BCUT2D eigenvalue weighted by molar-refractivity contribution is 9.10. The van der Waals surface area contributed by atoms with E-state index in [-0.39, 0.29) is 11.7 Å². The zero-order chi connectivity index (χ0) is 20.5. The van der Waals surface area contributed by atoms with Gasteiger partial charge in [0, 0.05) is 36.8 Å². The Morgan fingerprint density at radius 1 is 1.07 bits per heavy atom. The molecule has 0 spiro atoms. The Kier molecular flexibility index (Phi) is 5.20. The fourth-order valence-electron chi connectivity index (χ4n) is 3.59. The zero-order valence-electron chi connectivity index (χ0n) is 16.0. The molecule has 0 saturated heterocycles. The van der Waals surface area contributed by atoms with Crippen LogP contribution >= 0.6 is 15.9 Å². The molecular weight excluding hydrogens is 433 g/mol. The standard InChI is InChI=1S/C23H19BrFN3O/c1-3-19(29)27-18-9-8-17-20(14-10-12-26-13-11-14)22(28(2)23(17)21(18)24)15-4-6-16(25)7-5-15/h4-13H,3H2,1-2H3,(H,27,29). The molecule has 2 aromatic heterocycles. The van der Waals surface area contributed by atoms with Crippen LogP contribution < -0.4 is 5.32 Å². The molecule has 29 heavy (non-hydrogen) atoms. The number of aromatic nitrogens is 2. The Morgan fingerprint density at radius 2 is 1.76 bits per heavy atom. The average molecular weight is 452 g/mol. The normalized spacial score (nSPS) is 11.0. The predicted molar refractivity (Wildman–Crippen MR) is 118 cm³/mol. The van der Waals surface area contributed by atoms with Crippen molar-refractivity contribution in [3.63, 3.8) is 0 Å². The molecule has 0 aliphatic heterocycles. The minimum atomic E-state index is -0.274. The van der Waals surface area contributed by atoms with Crippen LogP contribution in [-0.4, -0.2) is 15.5 Å². The van der Waals surface area contributed by atoms with Crippen LogP contribution in [0, 0.1) is 5.82 Å². The molecule has 0 aliphatic rings. The molecule has 1 amide bonds. The van der Waals surface area contributed by atoms with Crippen molar-refractivity contribution in [2.24, 2.45) is 7.05 Å². The third-order valence-electron chi connectivity index (χ3n) is 4.97. The number of halogens is 2. The number of fused-ring (bicyclic) bond motifs is 1. The molecular formula is C23H19BrFN3O. The molecule has 4 aromatic rings. The molecule has 1 N–H and O–H groups in total. The van der Waals surface area contributed by atoms with Gasteiger partial charge in [0.1, 0.15) is 5.82 Å². The molecule has 0 atom stereocenters. The van der Waals surface area contributed by atoms with Crippen molar-refractivity contribution in [1.82, 2.24) is 9.55 Å². The Balaban J connectivity index is 2.04. The van der Waals surface area contributed by atoms with Gasteiger partial charge in [0.05, 0.1) is 21.4 Å². The summed E-state index contributed by atoms with van der Waals surface area (Å²) in [4.78, 5) is 16.1. The monoisotopic (exact) mass is 451 g/mol. The number of hydrogen-bond acceptors (Lipinski definition) is 2. The third kappa shape index (κ3) is 3.44. The largest absolute Gasteiger partial charge is 0.342 e. The number of aryl methyl sites for hydroxylation is 1. The van der Waals surface area contributed by atoms with Gasteiger partial charge in [-0.25, -0.2) is 4.39 Å². The van der Waals surface area contributed by atoms with Gasteiger partial charge in [0.15, 0.2) is 0 Å². The molecule has 0 saturated carbocycles. The molecule has 0 fully saturated rings. The molecule has 0 radical (unpaired) electrons. The maximum atomic E-state index is 13.5. The summed E-state index contributed by atoms with van der Waals surface area (Å²) in [6.45, 7) is 1.82. The molecule has 2 aromatic carbocycles. The van der Waals surface area contributed by atoms with Crippen LogP contribution in [0.5, 0.6) is 0 Å². The van der Waals surface area contributed by atoms with Gasteiger partial charge >= 0.3 is 0 Å². The maximum absolute atomic E-state index is 13.5. The van der Waals surface area contributed by atoms with Crippen LogP contribution in [-0.2, 0) is 11.8 Å². The maximum Gasteiger partial charge on any atom is 0.224 e. The predicted octanol–water partition coefficient (Wildman–Crippen LogP) is 6.16. The van der Waals surface area contributed by atoms with Gasteiger partial charge in [0.2, 0.25) is 5.91 Å². The minimum absolute atomic E-state index is 0.0487. The number of nitrogens with one attached hydrogen (secondary N) is 1. The summed E-state index contributed by atoms with van der Waals surface area (Å²) >= 11 is 3.69. The number of hydrogen-bond donors (Lipinski definition) is 1. The van der Waals surface area contributed by atoms with E-state index in [1.807, 2.05) is 38.2 Å². The fraction of sp³-hybridized carbons (Fsp3) is 0.130. The van der Waals surface area contributed by atoms with Gasteiger partial charge in [-0.05, 0) is 69.5 Å². The molecule has 2 heterocycles. The second-order valence-corrected chi connectivity index (χ2v) is 7.54. The van der Waals surface area contributed by atoms with E-state index in [0.29, 0.717) is 6.42 Å². The summed E-state index contributed by atoms with van der Waals surface area (Å²) < 4.78 is 16.4. The first-order valence-corrected chi connectivity index (χ1v) is 10.1. The number of carbonyl (C=O) groups is 1. The Bertz CT molecular complexity index is 1200. The van der Waals surface area contributed by atoms with E-state index in [4.69, 9.17) is 0 Å². The van der Waals surface area contributed by atoms with E-state index < -0.39 is 0 Å². The summed E-state index contributed by atoms with van der Waals surface area (Å²) in [5.74, 6) is -0.323. The van der Waals surface area contributed by atoms with Crippen molar-refractivity contribution >= 4 is 38.4 Å². The van der Waals surface area contributed by atoms with Crippen LogP contribution in [0.25, 0.3) is 33.3 Å². The van der Waals surface area contributed by atoms with Crippen molar-refractivity contribution in [2.45, 2.75) is 13.3 Å². The fourth-order valence-corrected chi connectivity index (χ4v) is 4.30.